The van der Waals surface area contributed by atoms with Crippen molar-refractivity contribution in [2.75, 3.05) is 33.3 Å². The maximum atomic E-state index is 11.7. The molecule has 0 saturated carbocycles. The van der Waals surface area contributed by atoms with Crippen molar-refractivity contribution in [3.8, 4) is 5.75 Å². The Balaban J connectivity index is 1.71. The molecule has 152 valence electrons. The Morgan fingerprint density at radius 2 is 1.96 bits per heavy atom. The molecule has 1 aromatic rings. The molecule has 2 fully saturated rings. The lowest BCUT2D eigenvalue weighted by atomic mass is 9.84. The third kappa shape index (κ3) is 4.55. The first kappa shape index (κ1) is 20.4. The predicted octanol–water partition coefficient (Wildman–Crippen LogP) is 2.30. The van der Waals surface area contributed by atoms with E-state index < -0.39 is 0 Å². The summed E-state index contributed by atoms with van der Waals surface area (Å²) in [5, 5.41) is 3.10. The van der Waals surface area contributed by atoms with Crippen molar-refractivity contribution in [2.24, 2.45) is 0 Å². The van der Waals surface area contributed by atoms with E-state index in [1.54, 1.807) is 21.0 Å². The molecular weight excluding hydrogens is 354 g/mol. The van der Waals surface area contributed by atoms with Crippen molar-refractivity contribution in [3.63, 3.8) is 0 Å². The van der Waals surface area contributed by atoms with Crippen LogP contribution >= 0.6 is 0 Å². The molecule has 0 bridgehead atoms. The third-order valence-electron chi connectivity index (χ3n) is 6.05. The number of carbonyl (C=O) groups is 2. The van der Waals surface area contributed by atoms with Crippen LogP contribution in [0.4, 0.5) is 0 Å². The minimum atomic E-state index is 0.0211. The standard InChI is InChI=1S/C22H31N3O3/c1-17(26)23-20-15-22(10-13-24(14-11-22)18(2)27)25(16-20)12-6-8-19-7-4-5-9-21(19)28-3/h4-9,20H,10-16H2,1-3H3,(H,23,26)/b8-6+. The third-order valence-corrected chi connectivity index (χ3v) is 6.05. The van der Waals surface area contributed by atoms with Gasteiger partial charge in [0.05, 0.1) is 7.11 Å². The lowest BCUT2D eigenvalue weighted by Crippen LogP contribution is -2.52. The highest BCUT2D eigenvalue weighted by molar-refractivity contribution is 5.73. The first-order valence-corrected chi connectivity index (χ1v) is 10.0. The zero-order valence-corrected chi connectivity index (χ0v) is 17.1. The van der Waals surface area contributed by atoms with Crippen LogP contribution in [0.5, 0.6) is 5.75 Å². The molecule has 1 aromatic carbocycles. The second-order valence-corrected chi connectivity index (χ2v) is 7.88. The Morgan fingerprint density at radius 3 is 2.61 bits per heavy atom. The fraction of sp³-hybridized carbons (Fsp3) is 0.545. The molecule has 2 aliphatic heterocycles. The van der Waals surface area contributed by atoms with Gasteiger partial charge in [-0.15, -0.1) is 0 Å². The number of hydrogen-bond donors (Lipinski definition) is 1. The number of carbonyl (C=O) groups excluding carboxylic acids is 2. The summed E-state index contributed by atoms with van der Waals surface area (Å²) < 4.78 is 5.42. The summed E-state index contributed by atoms with van der Waals surface area (Å²) in [4.78, 5) is 27.7. The van der Waals surface area contributed by atoms with Crippen LogP contribution in [0.1, 0.15) is 38.7 Å². The average molecular weight is 386 g/mol. The maximum absolute atomic E-state index is 11.7. The Kier molecular flexibility index (Phi) is 6.39. The molecule has 1 unspecified atom stereocenters. The van der Waals surface area contributed by atoms with E-state index in [0.717, 1.165) is 56.8 Å². The number of nitrogens with zero attached hydrogens (tertiary/aromatic N) is 2. The molecule has 1 N–H and O–H groups in total. The number of rotatable bonds is 5. The van der Waals surface area contributed by atoms with Gasteiger partial charge >= 0.3 is 0 Å². The van der Waals surface area contributed by atoms with E-state index in [1.165, 1.54) is 0 Å². The van der Waals surface area contributed by atoms with Gasteiger partial charge in [0, 0.05) is 57.2 Å². The van der Waals surface area contributed by atoms with E-state index in [4.69, 9.17) is 4.74 Å². The molecule has 1 atom stereocenters. The summed E-state index contributed by atoms with van der Waals surface area (Å²) in [6.45, 7) is 6.45. The number of methoxy groups -OCH3 is 1. The minimum Gasteiger partial charge on any atom is -0.496 e. The quantitative estimate of drug-likeness (QED) is 0.845. The highest BCUT2D eigenvalue weighted by atomic mass is 16.5. The summed E-state index contributed by atoms with van der Waals surface area (Å²) in [7, 11) is 1.68. The fourth-order valence-corrected chi connectivity index (χ4v) is 4.63. The van der Waals surface area contributed by atoms with Crippen LogP contribution in [0.2, 0.25) is 0 Å². The first-order valence-electron chi connectivity index (χ1n) is 10.0. The number of amides is 2. The molecule has 0 radical (unpaired) electrons. The number of hydrogen-bond acceptors (Lipinski definition) is 4. The van der Waals surface area contributed by atoms with Crippen LogP contribution in [0.3, 0.4) is 0 Å². The predicted molar refractivity (Wildman–Crippen MR) is 110 cm³/mol. The van der Waals surface area contributed by atoms with E-state index in [9.17, 15) is 9.59 Å². The second kappa shape index (κ2) is 8.78. The van der Waals surface area contributed by atoms with Crippen molar-refractivity contribution in [1.29, 1.82) is 0 Å². The SMILES string of the molecule is COc1ccccc1/C=C/CN1CC(NC(C)=O)CC12CCN(C(C)=O)CC2. The van der Waals surface area contributed by atoms with Gasteiger partial charge in [0.15, 0.2) is 0 Å². The molecule has 0 aliphatic carbocycles. The number of para-hydroxylation sites is 1. The second-order valence-electron chi connectivity index (χ2n) is 7.88. The molecule has 1 spiro atoms. The van der Waals surface area contributed by atoms with Crippen LogP contribution in [0.25, 0.3) is 6.08 Å². The number of piperidine rings is 1. The molecule has 2 saturated heterocycles. The summed E-state index contributed by atoms with van der Waals surface area (Å²) in [5.41, 5.74) is 1.10. The van der Waals surface area contributed by atoms with Gasteiger partial charge in [0.25, 0.3) is 0 Å². The molecule has 2 heterocycles. The molecule has 6 nitrogen and oxygen atoms in total. The van der Waals surface area contributed by atoms with Gasteiger partial charge in [-0.2, -0.15) is 0 Å². The van der Waals surface area contributed by atoms with Crippen LogP contribution in [0, 0.1) is 0 Å². The van der Waals surface area contributed by atoms with E-state index in [-0.39, 0.29) is 23.4 Å². The number of benzene rings is 1. The zero-order valence-electron chi connectivity index (χ0n) is 17.1. The van der Waals surface area contributed by atoms with Gasteiger partial charge in [0.2, 0.25) is 11.8 Å². The highest BCUT2D eigenvalue weighted by Crippen LogP contribution is 2.38. The fourth-order valence-electron chi connectivity index (χ4n) is 4.63. The number of likely N-dealkylation sites (tertiary alicyclic amines) is 2. The van der Waals surface area contributed by atoms with E-state index in [0.29, 0.717) is 0 Å². The normalized spacial score (nSPS) is 22.0. The van der Waals surface area contributed by atoms with Gasteiger partial charge in [-0.05, 0) is 25.3 Å². The zero-order chi connectivity index (χ0) is 20.1. The minimum absolute atomic E-state index is 0.0211. The van der Waals surface area contributed by atoms with Crippen molar-refractivity contribution >= 4 is 17.9 Å². The summed E-state index contributed by atoms with van der Waals surface area (Å²) >= 11 is 0. The molecule has 6 heteroatoms. The molecule has 28 heavy (non-hydrogen) atoms. The van der Waals surface area contributed by atoms with E-state index in [2.05, 4.69) is 22.4 Å². The lowest BCUT2D eigenvalue weighted by molar-refractivity contribution is -0.131. The van der Waals surface area contributed by atoms with Crippen LogP contribution in [0.15, 0.2) is 30.3 Å². The number of nitrogens with one attached hydrogen (secondary N) is 1. The monoisotopic (exact) mass is 385 g/mol. The smallest absolute Gasteiger partial charge is 0.219 e. The largest absolute Gasteiger partial charge is 0.496 e. The van der Waals surface area contributed by atoms with Gasteiger partial charge in [-0.1, -0.05) is 30.4 Å². The van der Waals surface area contributed by atoms with Crippen molar-refractivity contribution < 1.29 is 14.3 Å². The number of ether oxygens (including phenoxy) is 1. The van der Waals surface area contributed by atoms with Gasteiger partial charge in [-0.3, -0.25) is 14.5 Å². The van der Waals surface area contributed by atoms with Crippen LogP contribution in [-0.4, -0.2) is 66.5 Å². The summed E-state index contributed by atoms with van der Waals surface area (Å²) in [6, 6.07) is 8.14. The Morgan fingerprint density at radius 1 is 1.25 bits per heavy atom. The van der Waals surface area contributed by atoms with Gasteiger partial charge in [-0.25, -0.2) is 0 Å². The first-order chi connectivity index (χ1) is 13.4. The van der Waals surface area contributed by atoms with Crippen molar-refractivity contribution in [1.82, 2.24) is 15.1 Å². The summed E-state index contributed by atoms with van der Waals surface area (Å²) in [5.74, 6) is 1.03. The summed E-state index contributed by atoms with van der Waals surface area (Å²) in [6.07, 6.45) is 7.12. The lowest BCUT2D eigenvalue weighted by Gasteiger charge is -2.44. The van der Waals surface area contributed by atoms with Crippen LogP contribution < -0.4 is 10.1 Å². The van der Waals surface area contributed by atoms with Crippen molar-refractivity contribution in [3.05, 3.63) is 35.9 Å². The average Bonchev–Trinajstić information content (AvgIpc) is 2.98. The molecule has 3 rings (SSSR count). The maximum Gasteiger partial charge on any atom is 0.219 e. The topological polar surface area (TPSA) is 61.9 Å². The Labute approximate surface area is 167 Å². The highest BCUT2D eigenvalue weighted by Gasteiger charge is 2.47. The molecule has 2 aliphatic rings. The van der Waals surface area contributed by atoms with Crippen molar-refractivity contribution in [2.45, 2.75) is 44.7 Å². The van der Waals surface area contributed by atoms with Crippen LogP contribution in [-0.2, 0) is 9.59 Å². The molecule has 0 aromatic heterocycles. The van der Waals surface area contributed by atoms with E-state index >= 15 is 0 Å². The van der Waals surface area contributed by atoms with E-state index in [1.807, 2.05) is 29.2 Å². The Bertz CT molecular complexity index is 738. The van der Waals surface area contributed by atoms with Gasteiger partial charge < -0.3 is 15.0 Å². The van der Waals surface area contributed by atoms with Gasteiger partial charge in [0.1, 0.15) is 5.75 Å². The molecule has 2 amide bonds. The Hall–Kier alpha value is -2.34. The molecular formula is C22H31N3O3.